The van der Waals surface area contributed by atoms with Crippen molar-refractivity contribution in [2.24, 2.45) is 0 Å². The number of aryl methyl sites for hydroxylation is 2. The number of aromatic nitrogens is 1. The first-order chi connectivity index (χ1) is 12.6. The van der Waals surface area contributed by atoms with Gasteiger partial charge in [-0.3, -0.25) is 0 Å². The lowest BCUT2D eigenvalue weighted by atomic mass is 10.1. The summed E-state index contributed by atoms with van der Waals surface area (Å²) in [5.74, 6) is 1.55. The standard InChI is InChI=1S/C20H17NO5/c1-12-3-4-15(7-13(12)2)20(22)23-10-16-9-18(26-21-16)14-5-6-17-19(8-14)25-11-24-17/h3-9H,10-11H2,1-2H3. The molecule has 0 aliphatic carbocycles. The Morgan fingerprint density at radius 2 is 1.88 bits per heavy atom. The summed E-state index contributed by atoms with van der Waals surface area (Å²) in [6, 6.07) is 12.7. The molecule has 2 heterocycles. The van der Waals surface area contributed by atoms with Gasteiger partial charge in [-0.05, 0) is 55.3 Å². The van der Waals surface area contributed by atoms with Crippen molar-refractivity contribution in [1.29, 1.82) is 0 Å². The Hall–Kier alpha value is -3.28. The van der Waals surface area contributed by atoms with E-state index in [1.165, 1.54) is 0 Å². The summed E-state index contributed by atoms with van der Waals surface area (Å²) in [5.41, 5.74) is 4.05. The van der Waals surface area contributed by atoms with Crippen LogP contribution in [0, 0.1) is 13.8 Å². The zero-order valence-electron chi connectivity index (χ0n) is 14.4. The minimum Gasteiger partial charge on any atom is -0.455 e. The fraction of sp³-hybridized carbons (Fsp3) is 0.200. The number of carbonyl (C=O) groups is 1. The van der Waals surface area contributed by atoms with Crippen LogP contribution in [0.5, 0.6) is 11.5 Å². The van der Waals surface area contributed by atoms with E-state index in [9.17, 15) is 4.79 Å². The molecule has 1 aliphatic rings. The monoisotopic (exact) mass is 351 g/mol. The number of hydrogen-bond donors (Lipinski definition) is 0. The van der Waals surface area contributed by atoms with Crippen LogP contribution in [-0.4, -0.2) is 17.9 Å². The highest BCUT2D eigenvalue weighted by molar-refractivity contribution is 5.89. The fourth-order valence-corrected chi connectivity index (χ4v) is 2.66. The quantitative estimate of drug-likeness (QED) is 0.661. The number of hydrogen-bond acceptors (Lipinski definition) is 6. The zero-order valence-corrected chi connectivity index (χ0v) is 14.4. The van der Waals surface area contributed by atoms with Crippen LogP contribution in [0.25, 0.3) is 11.3 Å². The Kier molecular flexibility index (Phi) is 4.08. The smallest absolute Gasteiger partial charge is 0.338 e. The van der Waals surface area contributed by atoms with E-state index >= 15 is 0 Å². The Morgan fingerprint density at radius 1 is 1.04 bits per heavy atom. The SMILES string of the molecule is Cc1ccc(C(=O)OCc2cc(-c3ccc4c(c3)OCO4)on2)cc1C. The topological polar surface area (TPSA) is 70.8 Å². The van der Waals surface area contributed by atoms with Gasteiger partial charge in [-0.1, -0.05) is 11.2 Å². The summed E-state index contributed by atoms with van der Waals surface area (Å²) in [5, 5.41) is 3.96. The van der Waals surface area contributed by atoms with Crippen LogP contribution in [-0.2, 0) is 11.3 Å². The lowest BCUT2D eigenvalue weighted by Gasteiger charge is -2.05. The van der Waals surface area contributed by atoms with E-state index in [1.54, 1.807) is 12.1 Å². The molecule has 6 heteroatoms. The second-order valence-electron chi connectivity index (χ2n) is 6.13. The normalized spacial score (nSPS) is 12.2. The van der Waals surface area contributed by atoms with E-state index in [1.807, 2.05) is 44.2 Å². The molecule has 0 unspecified atom stereocenters. The molecule has 0 N–H and O–H groups in total. The van der Waals surface area contributed by atoms with Crippen molar-refractivity contribution in [3.63, 3.8) is 0 Å². The van der Waals surface area contributed by atoms with Crippen LogP contribution in [0.4, 0.5) is 0 Å². The van der Waals surface area contributed by atoms with Gasteiger partial charge in [-0.2, -0.15) is 0 Å². The summed E-state index contributed by atoms with van der Waals surface area (Å²) in [4.78, 5) is 12.2. The lowest BCUT2D eigenvalue weighted by Crippen LogP contribution is -2.06. The van der Waals surface area contributed by atoms with Crippen molar-refractivity contribution < 1.29 is 23.5 Å². The summed E-state index contributed by atoms with van der Waals surface area (Å²) < 4.78 is 21.3. The maximum absolute atomic E-state index is 12.2. The average Bonchev–Trinajstić information content (AvgIpc) is 3.30. The molecule has 2 aromatic carbocycles. The molecule has 0 fully saturated rings. The maximum atomic E-state index is 12.2. The number of fused-ring (bicyclic) bond motifs is 1. The van der Waals surface area contributed by atoms with Crippen molar-refractivity contribution in [1.82, 2.24) is 5.16 Å². The zero-order chi connectivity index (χ0) is 18.1. The molecule has 6 nitrogen and oxygen atoms in total. The molecular formula is C20H17NO5. The average molecular weight is 351 g/mol. The first-order valence-electron chi connectivity index (χ1n) is 8.20. The predicted molar refractivity (Wildman–Crippen MR) is 93.1 cm³/mol. The third-order valence-corrected chi connectivity index (χ3v) is 4.31. The first kappa shape index (κ1) is 16.2. The number of rotatable bonds is 4. The highest BCUT2D eigenvalue weighted by Gasteiger charge is 2.16. The van der Waals surface area contributed by atoms with Gasteiger partial charge in [0, 0.05) is 11.6 Å². The van der Waals surface area contributed by atoms with Crippen LogP contribution in [0.1, 0.15) is 27.2 Å². The van der Waals surface area contributed by atoms with Crippen molar-refractivity contribution in [3.8, 4) is 22.8 Å². The van der Waals surface area contributed by atoms with E-state index in [2.05, 4.69) is 5.16 Å². The molecule has 132 valence electrons. The van der Waals surface area contributed by atoms with Gasteiger partial charge >= 0.3 is 5.97 Å². The molecule has 0 saturated heterocycles. The van der Waals surface area contributed by atoms with Gasteiger partial charge < -0.3 is 18.7 Å². The Balaban J connectivity index is 1.43. The van der Waals surface area contributed by atoms with Crippen molar-refractivity contribution >= 4 is 5.97 Å². The van der Waals surface area contributed by atoms with Gasteiger partial charge in [0.2, 0.25) is 6.79 Å². The second-order valence-corrected chi connectivity index (χ2v) is 6.13. The third-order valence-electron chi connectivity index (χ3n) is 4.31. The van der Waals surface area contributed by atoms with Gasteiger partial charge in [-0.25, -0.2) is 4.79 Å². The van der Waals surface area contributed by atoms with Gasteiger partial charge in [0.15, 0.2) is 17.3 Å². The Morgan fingerprint density at radius 3 is 2.73 bits per heavy atom. The molecule has 0 radical (unpaired) electrons. The van der Waals surface area contributed by atoms with E-state index < -0.39 is 0 Å². The van der Waals surface area contributed by atoms with Crippen molar-refractivity contribution in [2.45, 2.75) is 20.5 Å². The maximum Gasteiger partial charge on any atom is 0.338 e. The lowest BCUT2D eigenvalue weighted by molar-refractivity contribution is 0.0464. The van der Waals surface area contributed by atoms with E-state index in [0.717, 1.165) is 16.7 Å². The van der Waals surface area contributed by atoms with E-state index in [0.29, 0.717) is 28.5 Å². The highest BCUT2D eigenvalue weighted by Crippen LogP contribution is 2.36. The molecule has 0 spiro atoms. The Labute approximate surface area is 150 Å². The van der Waals surface area contributed by atoms with Crippen LogP contribution in [0.15, 0.2) is 47.0 Å². The molecule has 4 rings (SSSR count). The van der Waals surface area contributed by atoms with E-state index in [-0.39, 0.29) is 19.4 Å². The number of carbonyl (C=O) groups excluding carboxylic acids is 1. The summed E-state index contributed by atoms with van der Waals surface area (Å²) in [6.07, 6.45) is 0. The van der Waals surface area contributed by atoms with E-state index in [4.69, 9.17) is 18.7 Å². The molecule has 0 bridgehead atoms. The van der Waals surface area contributed by atoms with Crippen molar-refractivity contribution in [2.75, 3.05) is 6.79 Å². The van der Waals surface area contributed by atoms with Crippen LogP contribution in [0.2, 0.25) is 0 Å². The number of esters is 1. The molecular weight excluding hydrogens is 334 g/mol. The molecule has 0 amide bonds. The van der Waals surface area contributed by atoms with Gasteiger partial charge in [0.1, 0.15) is 12.3 Å². The number of nitrogens with zero attached hydrogens (tertiary/aromatic N) is 1. The molecule has 26 heavy (non-hydrogen) atoms. The second kappa shape index (κ2) is 6.55. The van der Waals surface area contributed by atoms with Gasteiger partial charge in [0.05, 0.1) is 5.56 Å². The number of benzene rings is 2. The molecule has 1 aromatic heterocycles. The van der Waals surface area contributed by atoms with Crippen molar-refractivity contribution in [3.05, 3.63) is 64.8 Å². The molecule has 0 saturated carbocycles. The minimum absolute atomic E-state index is 0.0415. The molecule has 1 aliphatic heterocycles. The van der Waals surface area contributed by atoms with Crippen LogP contribution in [0.3, 0.4) is 0 Å². The Bertz CT molecular complexity index is 976. The molecule has 3 aromatic rings. The van der Waals surface area contributed by atoms with Gasteiger partial charge in [-0.15, -0.1) is 0 Å². The van der Waals surface area contributed by atoms with Crippen LogP contribution < -0.4 is 9.47 Å². The van der Waals surface area contributed by atoms with Gasteiger partial charge in [0.25, 0.3) is 0 Å². The molecule has 0 atom stereocenters. The highest BCUT2D eigenvalue weighted by atomic mass is 16.7. The predicted octanol–water partition coefficient (Wildman–Crippen LogP) is 4.04. The fourth-order valence-electron chi connectivity index (χ4n) is 2.66. The number of ether oxygens (including phenoxy) is 3. The van der Waals surface area contributed by atoms with Crippen LogP contribution >= 0.6 is 0 Å². The first-order valence-corrected chi connectivity index (χ1v) is 8.20. The largest absolute Gasteiger partial charge is 0.455 e. The summed E-state index contributed by atoms with van der Waals surface area (Å²) >= 11 is 0. The third kappa shape index (κ3) is 3.13. The summed E-state index contributed by atoms with van der Waals surface area (Å²) in [6.45, 7) is 4.22. The minimum atomic E-state index is -0.388. The summed E-state index contributed by atoms with van der Waals surface area (Å²) in [7, 11) is 0.